The summed E-state index contributed by atoms with van der Waals surface area (Å²) in [6.45, 7) is 2.29. The molecule has 0 unspecified atom stereocenters. The van der Waals surface area contributed by atoms with Gasteiger partial charge in [-0.05, 0) is 72.1 Å². The summed E-state index contributed by atoms with van der Waals surface area (Å²) in [6, 6.07) is 28.1. The van der Waals surface area contributed by atoms with E-state index in [0.29, 0.717) is 0 Å². The average Bonchev–Trinajstić information content (AvgIpc) is 2.90. The number of benzene rings is 3. The van der Waals surface area contributed by atoms with Gasteiger partial charge in [0.15, 0.2) is 0 Å². The van der Waals surface area contributed by atoms with Gasteiger partial charge in [-0.3, -0.25) is 0 Å². The molecule has 0 aliphatic carbocycles. The molecule has 0 atom stereocenters. The first-order valence-corrected chi connectivity index (χ1v) is 14.8. The molecule has 2 heteroatoms. The molecule has 0 radical (unpaired) electrons. The fourth-order valence-corrected chi connectivity index (χ4v) is 5.78. The van der Waals surface area contributed by atoms with Crippen molar-refractivity contribution in [3.05, 3.63) is 95.6 Å². The van der Waals surface area contributed by atoms with Crippen LogP contribution in [0.4, 0.5) is 11.4 Å². The first kappa shape index (κ1) is 28.8. The maximum Gasteiger partial charge on any atom is 0.0314 e. The summed E-state index contributed by atoms with van der Waals surface area (Å²) in [5.74, 6) is 0. The van der Waals surface area contributed by atoms with Gasteiger partial charge in [-0.25, -0.2) is 0 Å². The summed E-state index contributed by atoms with van der Waals surface area (Å²) in [6.07, 6.45) is 19.6. The van der Waals surface area contributed by atoms with Crippen LogP contribution in [-0.4, -0.2) is 0 Å². The van der Waals surface area contributed by atoms with Gasteiger partial charge in [0.2, 0.25) is 0 Å². The number of hydrogen-bond donors (Lipinski definition) is 2. The van der Waals surface area contributed by atoms with E-state index >= 15 is 0 Å². The zero-order valence-electron chi connectivity index (χ0n) is 23.3. The molecule has 37 heavy (non-hydrogen) atoms. The Morgan fingerprint density at radius 2 is 0.838 bits per heavy atom. The largest absolute Gasteiger partial charge is 0.399 e. The number of rotatable bonds is 18. The first-order chi connectivity index (χ1) is 18.1. The maximum atomic E-state index is 6.02. The second-order valence-electron chi connectivity index (χ2n) is 11.3. The van der Waals surface area contributed by atoms with Crippen molar-refractivity contribution in [3.63, 3.8) is 0 Å². The molecular weight excluding hydrogens is 448 g/mol. The third kappa shape index (κ3) is 11.0. The van der Waals surface area contributed by atoms with Gasteiger partial charge in [-0.2, -0.15) is 0 Å². The number of hydrogen-bond acceptors (Lipinski definition) is 2. The van der Waals surface area contributed by atoms with Crippen LogP contribution < -0.4 is 11.5 Å². The number of anilines is 2. The van der Waals surface area contributed by atoms with Crippen molar-refractivity contribution < 1.29 is 0 Å². The van der Waals surface area contributed by atoms with E-state index in [-0.39, 0.29) is 5.41 Å². The molecule has 0 aromatic heterocycles. The molecule has 3 aromatic rings. The Morgan fingerprint density at radius 3 is 1.27 bits per heavy atom. The summed E-state index contributed by atoms with van der Waals surface area (Å²) in [7, 11) is 0. The molecular formula is C35H50N2. The lowest BCUT2D eigenvalue weighted by molar-refractivity contribution is 0.243. The third-order valence-corrected chi connectivity index (χ3v) is 7.85. The smallest absolute Gasteiger partial charge is 0.0314 e. The molecule has 3 aromatic carbocycles. The van der Waals surface area contributed by atoms with E-state index in [0.717, 1.165) is 30.6 Å². The normalized spacial score (nSPS) is 11.6. The molecule has 2 nitrogen and oxygen atoms in total. The maximum absolute atomic E-state index is 6.02. The van der Waals surface area contributed by atoms with E-state index in [9.17, 15) is 0 Å². The Labute approximate surface area is 226 Å². The van der Waals surface area contributed by atoms with Crippen LogP contribution in [0.1, 0.15) is 101 Å². The number of nitrogen functional groups attached to an aromatic ring is 2. The summed E-state index contributed by atoms with van der Waals surface area (Å²) in [5.41, 5.74) is 18.0. The van der Waals surface area contributed by atoms with Crippen LogP contribution in [-0.2, 0) is 19.3 Å². The van der Waals surface area contributed by atoms with Gasteiger partial charge in [-0.15, -0.1) is 0 Å². The van der Waals surface area contributed by atoms with Gasteiger partial charge in [0.1, 0.15) is 0 Å². The van der Waals surface area contributed by atoms with Crippen LogP contribution in [0.5, 0.6) is 0 Å². The predicted molar refractivity (Wildman–Crippen MR) is 163 cm³/mol. The first-order valence-electron chi connectivity index (χ1n) is 14.8. The fourth-order valence-electron chi connectivity index (χ4n) is 5.78. The minimum Gasteiger partial charge on any atom is -0.399 e. The molecule has 0 fully saturated rings. The standard InChI is InChI=1S/C35H50N2/c1-2-3-4-5-6-7-8-9-10-11-15-26-35(27-30-16-13-12-14-17-30,28-31-18-22-33(36)23-19-31)29-32-20-24-34(37)25-21-32/h12-14,16-25H,2-11,15,26-29,36-37H2,1H3. The zero-order chi connectivity index (χ0) is 26.2. The highest BCUT2D eigenvalue weighted by molar-refractivity contribution is 5.41. The Hall–Kier alpha value is -2.74. The van der Waals surface area contributed by atoms with Crippen molar-refractivity contribution in [3.8, 4) is 0 Å². The molecule has 0 aliphatic rings. The van der Waals surface area contributed by atoms with Crippen molar-refractivity contribution in [1.29, 1.82) is 0 Å². The Bertz CT molecular complexity index is 929. The molecule has 200 valence electrons. The fraction of sp³-hybridized carbons (Fsp3) is 0.486. The van der Waals surface area contributed by atoms with Crippen LogP contribution in [0.3, 0.4) is 0 Å². The molecule has 0 bridgehead atoms. The highest BCUT2D eigenvalue weighted by Gasteiger charge is 2.31. The van der Waals surface area contributed by atoms with E-state index < -0.39 is 0 Å². The van der Waals surface area contributed by atoms with Crippen LogP contribution in [0, 0.1) is 5.41 Å². The van der Waals surface area contributed by atoms with E-state index in [1.807, 2.05) is 24.3 Å². The molecule has 0 amide bonds. The second kappa shape index (κ2) is 16.2. The zero-order valence-corrected chi connectivity index (χ0v) is 23.3. The average molecular weight is 499 g/mol. The van der Waals surface area contributed by atoms with Crippen molar-refractivity contribution >= 4 is 11.4 Å². The molecule has 0 saturated carbocycles. The van der Waals surface area contributed by atoms with Gasteiger partial charge in [0, 0.05) is 11.4 Å². The van der Waals surface area contributed by atoms with E-state index in [4.69, 9.17) is 11.5 Å². The van der Waals surface area contributed by atoms with Gasteiger partial charge in [0.25, 0.3) is 0 Å². The van der Waals surface area contributed by atoms with Crippen LogP contribution in [0.25, 0.3) is 0 Å². The monoisotopic (exact) mass is 498 g/mol. The van der Waals surface area contributed by atoms with Crippen molar-refractivity contribution in [1.82, 2.24) is 0 Å². The lowest BCUT2D eigenvalue weighted by atomic mass is 9.69. The van der Waals surface area contributed by atoms with Crippen molar-refractivity contribution in [2.24, 2.45) is 5.41 Å². The molecule has 0 spiro atoms. The quantitative estimate of drug-likeness (QED) is 0.135. The van der Waals surface area contributed by atoms with E-state index in [2.05, 4.69) is 61.5 Å². The van der Waals surface area contributed by atoms with Crippen LogP contribution >= 0.6 is 0 Å². The molecule has 0 saturated heterocycles. The summed E-state index contributed by atoms with van der Waals surface area (Å²) < 4.78 is 0. The van der Waals surface area contributed by atoms with E-state index in [1.54, 1.807) is 0 Å². The van der Waals surface area contributed by atoms with Crippen LogP contribution in [0.2, 0.25) is 0 Å². The van der Waals surface area contributed by atoms with Gasteiger partial charge in [-0.1, -0.05) is 132 Å². The lowest BCUT2D eigenvalue weighted by Crippen LogP contribution is -2.30. The molecule has 4 N–H and O–H groups in total. The molecule has 0 aliphatic heterocycles. The lowest BCUT2D eigenvalue weighted by Gasteiger charge is -2.35. The summed E-state index contributed by atoms with van der Waals surface area (Å²) in [5, 5.41) is 0. The van der Waals surface area contributed by atoms with E-state index in [1.165, 1.54) is 93.7 Å². The highest BCUT2D eigenvalue weighted by Crippen LogP contribution is 2.38. The Balaban J connectivity index is 1.65. The number of unbranched alkanes of at least 4 members (excludes halogenated alkanes) is 10. The SMILES string of the molecule is CCCCCCCCCCCCCC(Cc1ccccc1)(Cc1ccc(N)cc1)Cc1ccc(N)cc1. The van der Waals surface area contributed by atoms with Gasteiger partial charge >= 0.3 is 0 Å². The minimum atomic E-state index is 0.160. The second-order valence-corrected chi connectivity index (χ2v) is 11.3. The predicted octanol–water partition coefficient (Wildman–Crippen LogP) is 9.57. The Kier molecular flexibility index (Phi) is 12.6. The third-order valence-electron chi connectivity index (χ3n) is 7.85. The molecule has 3 rings (SSSR count). The van der Waals surface area contributed by atoms with Gasteiger partial charge < -0.3 is 11.5 Å². The summed E-state index contributed by atoms with van der Waals surface area (Å²) in [4.78, 5) is 0. The summed E-state index contributed by atoms with van der Waals surface area (Å²) >= 11 is 0. The van der Waals surface area contributed by atoms with Crippen molar-refractivity contribution in [2.45, 2.75) is 103 Å². The Morgan fingerprint density at radius 1 is 0.459 bits per heavy atom. The van der Waals surface area contributed by atoms with Gasteiger partial charge in [0.05, 0.1) is 0 Å². The highest BCUT2D eigenvalue weighted by atomic mass is 14.5. The minimum absolute atomic E-state index is 0.160. The number of nitrogens with two attached hydrogens (primary N) is 2. The topological polar surface area (TPSA) is 52.0 Å². The molecule has 0 heterocycles. The van der Waals surface area contributed by atoms with Crippen molar-refractivity contribution in [2.75, 3.05) is 11.5 Å². The van der Waals surface area contributed by atoms with Crippen LogP contribution in [0.15, 0.2) is 78.9 Å².